The van der Waals surface area contributed by atoms with Crippen molar-refractivity contribution in [1.29, 1.82) is 0 Å². The molecule has 0 saturated carbocycles. The lowest BCUT2D eigenvalue weighted by Gasteiger charge is -1.97. The van der Waals surface area contributed by atoms with Crippen molar-refractivity contribution in [3.05, 3.63) is 53.2 Å². The quantitative estimate of drug-likeness (QED) is 0.816. The highest BCUT2D eigenvalue weighted by atomic mass is 16.4. The van der Waals surface area contributed by atoms with Crippen molar-refractivity contribution in [2.45, 2.75) is 6.92 Å². The van der Waals surface area contributed by atoms with Gasteiger partial charge in [0.05, 0.1) is 0 Å². The molecule has 2 aromatic rings. The molecule has 17 heavy (non-hydrogen) atoms. The van der Waals surface area contributed by atoms with Gasteiger partial charge in [0.25, 0.3) is 0 Å². The molecule has 0 bridgehead atoms. The summed E-state index contributed by atoms with van der Waals surface area (Å²) >= 11 is 0. The number of aromatic nitrogens is 1. The molecule has 0 amide bonds. The molecule has 0 aliphatic carbocycles. The van der Waals surface area contributed by atoms with Crippen LogP contribution in [0.5, 0.6) is 0 Å². The van der Waals surface area contributed by atoms with Gasteiger partial charge >= 0.3 is 5.97 Å². The second-order valence-electron chi connectivity index (χ2n) is 3.49. The van der Waals surface area contributed by atoms with Crippen molar-refractivity contribution in [3.8, 4) is 0 Å². The molecule has 0 fully saturated rings. The summed E-state index contributed by atoms with van der Waals surface area (Å²) in [6.07, 6.45) is 1.43. The summed E-state index contributed by atoms with van der Waals surface area (Å²) in [5.41, 5.74) is 1.16. The molecule has 0 aliphatic rings. The first-order chi connectivity index (χ1) is 8.08. The first-order valence-electron chi connectivity index (χ1n) is 4.88. The van der Waals surface area contributed by atoms with Crippen LogP contribution in [0.4, 0.5) is 0 Å². The Morgan fingerprint density at radius 3 is 2.41 bits per heavy atom. The number of pyridine rings is 1. The Hall–Kier alpha value is -2.43. The third-order valence-corrected chi connectivity index (χ3v) is 2.21. The lowest BCUT2D eigenvalue weighted by molar-refractivity contribution is 0.0660. The maximum Gasteiger partial charge on any atom is 0.371 e. The summed E-state index contributed by atoms with van der Waals surface area (Å²) in [7, 11) is 0. The number of carbonyl (C=O) groups is 2. The van der Waals surface area contributed by atoms with Gasteiger partial charge in [-0.25, -0.2) is 4.79 Å². The molecule has 0 spiro atoms. The van der Waals surface area contributed by atoms with Crippen LogP contribution in [-0.2, 0) is 0 Å². The summed E-state index contributed by atoms with van der Waals surface area (Å²) < 4.78 is 4.91. The van der Waals surface area contributed by atoms with Gasteiger partial charge in [0, 0.05) is 17.5 Å². The van der Waals surface area contributed by atoms with Crippen molar-refractivity contribution in [1.82, 2.24) is 4.98 Å². The van der Waals surface area contributed by atoms with Gasteiger partial charge in [-0.05, 0) is 31.2 Å². The highest BCUT2D eigenvalue weighted by molar-refractivity contribution is 6.07. The van der Waals surface area contributed by atoms with E-state index >= 15 is 0 Å². The third kappa shape index (κ3) is 2.23. The van der Waals surface area contributed by atoms with Crippen molar-refractivity contribution in [3.63, 3.8) is 0 Å². The molecule has 0 atom stereocenters. The summed E-state index contributed by atoms with van der Waals surface area (Å²) in [5, 5.41) is 8.67. The number of aryl methyl sites for hydroxylation is 1. The molecule has 2 heterocycles. The molecule has 5 heteroatoms. The minimum Gasteiger partial charge on any atom is -0.475 e. The summed E-state index contributed by atoms with van der Waals surface area (Å²) in [5.74, 6) is -1.85. The molecule has 0 unspecified atom stereocenters. The van der Waals surface area contributed by atoms with Crippen molar-refractivity contribution >= 4 is 11.8 Å². The second kappa shape index (κ2) is 4.21. The van der Waals surface area contributed by atoms with Crippen LogP contribution < -0.4 is 0 Å². The molecule has 2 rings (SSSR count). The zero-order valence-corrected chi connectivity index (χ0v) is 9.01. The van der Waals surface area contributed by atoms with Crippen molar-refractivity contribution < 1.29 is 19.1 Å². The third-order valence-electron chi connectivity index (χ3n) is 2.21. The Morgan fingerprint density at radius 1 is 1.18 bits per heavy atom. The van der Waals surface area contributed by atoms with E-state index < -0.39 is 5.97 Å². The van der Waals surface area contributed by atoms with E-state index in [0.29, 0.717) is 5.56 Å². The summed E-state index contributed by atoms with van der Waals surface area (Å²) in [6.45, 7) is 1.81. The fourth-order valence-corrected chi connectivity index (χ4v) is 1.32. The number of aromatic carboxylic acids is 1. The van der Waals surface area contributed by atoms with Crippen LogP contribution in [-0.4, -0.2) is 21.8 Å². The van der Waals surface area contributed by atoms with Crippen LogP contribution in [0.25, 0.3) is 0 Å². The highest BCUT2D eigenvalue weighted by Gasteiger charge is 2.16. The first-order valence-corrected chi connectivity index (χ1v) is 4.88. The predicted molar refractivity (Wildman–Crippen MR) is 58.1 cm³/mol. The number of hydrogen-bond acceptors (Lipinski definition) is 4. The van der Waals surface area contributed by atoms with Crippen LogP contribution in [0, 0.1) is 6.92 Å². The topological polar surface area (TPSA) is 80.4 Å². The van der Waals surface area contributed by atoms with Gasteiger partial charge in [0.1, 0.15) is 0 Å². The largest absolute Gasteiger partial charge is 0.475 e. The number of ketones is 1. The monoisotopic (exact) mass is 231 g/mol. The molecule has 5 nitrogen and oxygen atoms in total. The number of nitrogens with zero attached hydrogens (tertiary/aromatic N) is 1. The Balaban J connectivity index is 2.30. The number of carbonyl (C=O) groups excluding carboxylic acids is 1. The van der Waals surface area contributed by atoms with Gasteiger partial charge < -0.3 is 9.52 Å². The fourth-order valence-electron chi connectivity index (χ4n) is 1.32. The molecule has 0 radical (unpaired) electrons. The fraction of sp³-hybridized carbons (Fsp3) is 0.0833. The van der Waals surface area contributed by atoms with E-state index in [0.717, 1.165) is 5.69 Å². The lowest BCUT2D eigenvalue weighted by atomic mass is 10.1. The second-order valence-corrected chi connectivity index (χ2v) is 3.49. The molecule has 86 valence electrons. The van der Waals surface area contributed by atoms with E-state index in [1.165, 1.54) is 18.3 Å². The van der Waals surface area contributed by atoms with Crippen LogP contribution in [0.1, 0.15) is 32.4 Å². The minimum atomic E-state index is -1.20. The van der Waals surface area contributed by atoms with Gasteiger partial charge in [-0.15, -0.1) is 0 Å². The number of rotatable bonds is 3. The van der Waals surface area contributed by atoms with Crippen LogP contribution in [0.3, 0.4) is 0 Å². The van der Waals surface area contributed by atoms with E-state index in [1.807, 2.05) is 6.92 Å². The SMILES string of the molecule is Cc1ccc(C(=O)c2ccc(C(=O)O)o2)cn1. The van der Waals surface area contributed by atoms with Gasteiger partial charge in [0.15, 0.2) is 5.76 Å². The number of furan rings is 1. The van der Waals surface area contributed by atoms with Gasteiger partial charge in [-0.3, -0.25) is 9.78 Å². The predicted octanol–water partition coefficient (Wildman–Crippen LogP) is 1.91. The zero-order valence-electron chi connectivity index (χ0n) is 9.01. The molecular formula is C12H9NO4. The van der Waals surface area contributed by atoms with Crippen LogP contribution >= 0.6 is 0 Å². The smallest absolute Gasteiger partial charge is 0.371 e. The maximum atomic E-state index is 11.9. The van der Waals surface area contributed by atoms with Crippen molar-refractivity contribution in [2.75, 3.05) is 0 Å². The molecule has 0 saturated heterocycles. The number of carboxylic acids is 1. The number of carboxylic acid groups (broad SMARTS) is 1. The normalized spacial score (nSPS) is 10.2. The molecule has 1 N–H and O–H groups in total. The Labute approximate surface area is 96.7 Å². The molecule has 0 aliphatic heterocycles. The van der Waals surface area contributed by atoms with Gasteiger partial charge in [0.2, 0.25) is 11.5 Å². The van der Waals surface area contributed by atoms with E-state index in [2.05, 4.69) is 4.98 Å². The van der Waals surface area contributed by atoms with E-state index in [-0.39, 0.29) is 17.3 Å². The van der Waals surface area contributed by atoms with Crippen molar-refractivity contribution in [2.24, 2.45) is 0 Å². The molecule has 0 aromatic carbocycles. The van der Waals surface area contributed by atoms with Gasteiger partial charge in [-0.2, -0.15) is 0 Å². The van der Waals surface area contributed by atoms with E-state index in [9.17, 15) is 9.59 Å². The maximum absolute atomic E-state index is 11.9. The Kier molecular flexibility index (Phi) is 2.74. The zero-order chi connectivity index (χ0) is 12.4. The average Bonchev–Trinajstić information content (AvgIpc) is 2.78. The average molecular weight is 231 g/mol. The molecule has 2 aromatic heterocycles. The lowest BCUT2D eigenvalue weighted by Crippen LogP contribution is -2.01. The number of hydrogen-bond donors (Lipinski definition) is 1. The molecular weight excluding hydrogens is 222 g/mol. The highest BCUT2D eigenvalue weighted by Crippen LogP contribution is 2.13. The van der Waals surface area contributed by atoms with E-state index in [1.54, 1.807) is 12.1 Å². The van der Waals surface area contributed by atoms with Crippen LogP contribution in [0.2, 0.25) is 0 Å². The Bertz CT molecular complexity index is 568. The Morgan fingerprint density at radius 2 is 1.88 bits per heavy atom. The van der Waals surface area contributed by atoms with E-state index in [4.69, 9.17) is 9.52 Å². The standard InChI is InChI=1S/C12H9NO4/c1-7-2-3-8(6-13-7)11(14)9-4-5-10(17-9)12(15)16/h2-6H,1H3,(H,15,16). The van der Waals surface area contributed by atoms with Crippen LogP contribution in [0.15, 0.2) is 34.9 Å². The first kappa shape index (κ1) is 11.1. The van der Waals surface area contributed by atoms with Gasteiger partial charge in [-0.1, -0.05) is 0 Å². The summed E-state index contributed by atoms with van der Waals surface area (Å²) in [6, 6.07) is 5.91. The minimum absolute atomic E-state index is 0.00643. The summed E-state index contributed by atoms with van der Waals surface area (Å²) in [4.78, 5) is 26.5.